The second kappa shape index (κ2) is 14.6. The number of carbonyl (C=O) groups is 1. The van der Waals surface area contributed by atoms with Crippen molar-refractivity contribution in [1.29, 1.82) is 0 Å². The van der Waals surface area contributed by atoms with Gasteiger partial charge < -0.3 is 20.1 Å². The lowest BCUT2D eigenvalue weighted by atomic mass is 9.78. The van der Waals surface area contributed by atoms with Gasteiger partial charge in [-0.05, 0) is 74.3 Å². The van der Waals surface area contributed by atoms with E-state index in [4.69, 9.17) is 0 Å². The van der Waals surface area contributed by atoms with E-state index in [0.717, 1.165) is 42.5 Å². The molecule has 2 aliphatic rings. The van der Waals surface area contributed by atoms with Gasteiger partial charge in [-0.3, -0.25) is 4.79 Å². The molecule has 7 nitrogen and oxygen atoms in total. The minimum Gasteiger partial charge on any atom is -0.395 e. The van der Waals surface area contributed by atoms with E-state index in [1.54, 1.807) is 0 Å². The van der Waals surface area contributed by atoms with Crippen molar-refractivity contribution in [1.82, 2.24) is 10.2 Å². The topological polar surface area (TPSA) is 95.9 Å². The Bertz CT molecular complexity index is 1780. The first-order chi connectivity index (χ1) is 23.3. The van der Waals surface area contributed by atoms with E-state index >= 15 is 0 Å². The number of amides is 1. The van der Waals surface area contributed by atoms with Crippen LogP contribution in [-0.2, 0) is 36.3 Å². The van der Waals surface area contributed by atoms with E-state index in [1.165, 1.54) is 4.90 Å². The van der Waals surface area contributed by atoms with Crippen LogP contribution in [0.5, 0.6) is 0 Å². The highest BCUT2D eigenvalue weighted by Crippen LogP contribution is 2.54. The molecular formula is C33H32ClF9N2O5S. The van der Waals surface area contributed by atoms with Crippen LogP contribution >= 0.6 is 12.4 Å². The number of hydrogen-bond acceptors (Lipinski definition) is 6. The van der Waals surface area contributed by atoms with Crippen LogP contribution in [0.15, 0.2) is 71.6 Å². The summed E-state index contributed by atoms with van der Waals surface area (Å²) in [6, 6.07) is 7.91. The molecule has 3 aromatic carbocycles. The Morgan fingerprint density at radius 2 is 1.39 bits per heavy atom. The van der Waals surface area contributed by atoms with Crippen molar-refractivity contribution in [2.75, 3.05) is 32.8 Å². The minimum absolute atomic E-state index is 0. The normalized spacial score (nSPS) is 19.8. The number of sulfone groups is 1. The summed E-state index contributed by atoms with van der Waals surface area (Å²) in [4.78, 5) is 14.6. The molecule has 280 valence electrons. The molecule has 2 fully saturated rings. The second-order valence-corrected chi connectivity index (χ2v) is 14.6. The molecule has 3 aromatic rings. The third-order valence-electron chi connectivity index (χ3n) is 9.59. The number of hydrogen-bond donors (Lipinski definition) is 2. The monoisotopic (exact) mass is 774 g/mol. The summed E-state index contributed by atoms with van der Waals surface area (Å²) < 4.78 is 160. The number of ether oxygens (including phenoxy) is 1. The van der Waals surface area contributed by atoms with Crippen molar-refractivity contribution in [3.8, 4) is 0 Å². The first-order valence-electron chi connectivity index (χ1n) is 15.3. The van der Waals surface area contributed by atoms with Crippen LogP contribution in [0, 0.1) is 22.9 Å². The molecule has 0 aromatic heterocycles. The van der Waals surface area contributed by atoms with Gasteiger partial charge >= 0.3 is 12.4 Å². The van der Waals surface area contributed by atoms with Crippen LogP contribution in [0.1, 0.15) is 36.0 Å². The number of benzene rings is 3. The molecule has 2 aliphatic heterocycles. The molecule has 1 atom stereocenters. The van der Waals surface area contributed by atoms with Crippen LogP contribution in [-0.4, -0.2) is 69.5 Å². The van der Waals surface area contributed by atoms with Gasteiger partial charge in [0.05, 0.1) is 23.5 Å². The highest BCUT2D eigenvalue weighted by atomic mass is 35.5. The maximum Gasteiger partial charge on any atom is 0.430 e. The number of nitrogens with one attached hydrogen (secondary N) is 1. The quantitative estimate of drug-likeness (QED) is 0.195. The van der Waals surface area contributed by atoms with Crippen LogP contribution < -0.4 is 5.32 Å². The molecule has 2 N–H and O–H groups in total. The summed E-state index contributed by atoms with van der Waals surface area (Å²) in [5.74, 6) is -4.25. The number of rotatable bonds is 9. The lowest BCUT2D eigenvalue weighted by molar-refractivity contribution is -0.392. The lowest BCUT2D eigenvalue weighted by Gasteiger charge is -2.39. The molecule has 1 amide bonds. The molecule has 2 heterocycles. The van der Waals surface area contributed by atoms with Gasteiger partial charge in [-0.2, -0.15) is 26.3 Å². The second-order valence-electron chi connectivity index (χ2n) is 12.4. The molecule has 0 radical (unpaired) electrons. The minimum atomic E-state index is -6.24. The number of halogens is 10. The fourth-order valence-corrected chi connectivity index (χ4v) is 8.76. The highest BCUT2D eigenvalue weighted by Gasteiger charge is 2.73. The van der Waals surface area contributed by atoms with Crippen molar-refractivity contribution in [3.05, 3.63) is 101 Å². The Hall–Kier alpha value is -3.38. The molecule has 0 saturated carbocycles. The summed E-state index contributed by atoms with van der Waals surface area (Å²) in [6.07, 6.45) is -12.4. The van der Waals surface area contributed by atoms with Crippen molar-refractivity contribution in [2.45, 2.75) is 53.5 Å². The predicted molar refractivity (Wildman–Crippen MR) is 167 cm³/mol. The molecule has 0 bridgehead atoms. The smallest absolute Gasteiger partial charge is 0.395 e. The van der Waals surface area contributed by atoms with E-state index in [1.807, 2.05) is 0 Å². The van der Waals surface area contributed by atoms with Crippen molar-refractivity contribution < 1.29 is 62.6 Å². The van der Waals surface area contributed by atoms with Gasteiger partial charge in [0.25, 0.3) is 5.60 Å². The van der Waals surface area contributed by atoms with Gasteiger partial charge in [-0.1, -0.05) is 30.3 Å². The van der Waals surface area contributed by atoms with Gasteiger partial charge in [0, 0.05) is 24.2 Å². The number of nitrogens with zero attached hydrogens (tertiary/aromatic N) is 1. The summed E-state index contributed by atoms with van der Waals surface area (Å²) in [7, 11) is -4.65. The van der Waals surface area contributed by atoms with E-state index in [0.29, 0.717) is 37.4 Å². The Labute approximate surface area is 293 Å². The van der Waals surface area contributed by atoms with E-state index in [-0.39, 0.29) is 43.8 Å². The van der Waals surface area contributed by atoms with Crippen LogP contribution in [0.2, 0.25) is 0 Å². The zero-order valence-corrected chi connectivity index (χ0v) is 28.1. The van der Waals surface area contributed by atoms with Crippen LogP contribution in [0.3, 0.4) is 0 Å². The predicted octanol–water partition coefficient (Wildman–Crippen LogP) is 6.33. The summed E-state index contributed by atoms with van der Waals surface area (Å²) in [5, 5.41) is 13.3. The van der Waals surface area contributed by atoms with Gasteiger partial charge in [0.15, 0.2) is 9.84 Å². The molecule has 51 heavy (non-hydrogen) atoms. The Balaban J connectivity index is 0.00000583. The van der Waals surface area contributed by atoms with E-state index in [2.05, 4.69) is 10.1 Å². The van der Waals surface area contributed by atoms with Crippen LogP contribution in [0.4, 0.5) is 39.5 Å². The number of alkyl halides is 6. The van der Waals surface area contributed by atoms with Crippen molar-refractivity contribution in [2.24, 2.45) is 5.41 Å². The molecule has 0 spiro atoms. The maximum atomic E-state index is 14.5. The zero-order chi connectivity index (χ0) is 36.8. The third-order valence-corrected chi connectivity index (χ3v) is 12.1. The number of carbonyl (C=O) groups excluding carboxylic acids is 1. The summed E-state index contributed by atoms with van der Waals surface area (Å²) in [6.45, 7) is -2.36. The average Bonchev–Trinajstić information content (AvgIpc) is 3.53. The molecule has 5 rings (SSSR count). The van der Waals surface area contributed by atoms with Gasteiger partial charge in [-0.25, -0.2) is 21.6 Å². The maximum absolute atomic E-state index is 14.5. The number of aliphatic hydroxyl groups is 1. The fourth-order valence-electron chi connectivity index (χ4n) is 6.68. The SMILES string of the molecule is Cl.O=C(N1CCC(c2ccc(C(OCc3c(F)cccc3F)(C(F)(F)F)C(F)(F)F)cc2)(S(=O)(=O)c2ccc(F)cc2)C1)C1(CO)CCNCC1. The summed E-state index contributed by atoms with van der Waals surface area (Å²) >= 11 is 0. The summed E-state index contributed by atoms with van der Waals surface area (Å²) in [5.41, 5.74) is -9.40. The molecule has 1 unspecified atom stereocenters. The first-order valence-corrected chi connectivity index (χ1v) is 16.8. The van der Waals surface area contributed by atoms with E-state index < -0.39 is 97.1 Å². The lowest BCUT2D eigenvalue weighted by Crippen LogP contribution is -2.56. The standard InChI is InChI=1S/C33H31F9N2O5S.ClH/c34-23-8-10-24(11-9-23)50(47,48)30(14-17-44(19-30)28(46)29(20-45)12-15-43-16-13-29)21-4-6-22(7-5-21)31(32(37,38)39,33(40,41)42)49-18-25-26(35)2-1-3-27(25)36;/h1-11,43,45H,12-20H2;1H. The Kier molecular flexibility index (Phi) is 11.5. The van der Waals surface area contributed by atoms with Gasteiger partial charge in [-0.15, -0.1) is 12.4 Å². The van der Waals surface area contributed by atoms with Crippen LogP contribution in [0.25, 0.3) is 0 Å². The number of aliphatic hydroxyl groups excluding tert-OH is 1. The Morgan fingerprint density at radius 3 is 1.90 bits per heavy atom. The highest BCUT2D eigenvalue weighted by molar-refractivity contribution is 7.92. The number of piperidine rings is 1. The first kappa shape index (κ1) is 40.4. The molecule has 2 saturated heterocycles. The molecular weight excluding hydrogens is 743 g/mol. The van der Waals surface area contributed by atoms with Gasteiger partial charge in [0.1, 0.15) is 22.2 Å². The van der Waals surface area contributed by atoms with Crippen molar-refractivity contribution >= 4 is 28.2 Å². The van der Waals surface area contributed by atoms with Gasteiger partial charge in [0.2, 0.25) is 5.91 Å². The third kappa shape index (κ3) is 6.94. The zero-order valence-electron chi connectivity index (χ0n) is 26.5. The molecule has 18 heteroatoms. The molecule has 0 aliphatic carbocycles. The average molecular weight is 775 g/mol. The number of likely N-dealkylation sites (tertiary alicyclic amines) is 1. The van der Waals surface area contributed by atoms with Crippen molar-refractivity contribution in [3.63, 3.8) is 0 Å². The Morgan fingerprint density at radius 1 is 0.843 bits per heavy atom. The van der Waals surface area contributed by atoms with E-state index in [9.17, 15) is 57.8 Å². The fraction of sp³-hybridized carbons (Fsp3) is 0.424. The largest absolute Gasteiger partial charge is 0.430 e.